The number of carbonyl (C=O) groups excluding carboxylic acids is 1. The van der Waals surface area contributed by atoms with E-state index in [-0.39, 0.29) is 29.6 Å². The van der Waals surface area contributed by atoms with Gasteiger partial charge in [0.1, 0.15) is 5.82 Å². The number of piperazine rings is 1. The van der Waals surface area contributed by atoms with Gasteiger partial charge in [0.25, 0.3) is 0 Å². The molecule has 0 radical (unpaired) electrons. The van der Waals surface area contributed by atoms with Crippen molar-refractivity contribution < 1.29 is 4.79 Å². The highest BCUT2D eigenvalue weighted by atomic mass is 35.5. The number of anilines is 2. The summed E-state index contributed by atoms with van der Waals surface area (Å²) >= 11 is 6.71. The second-order valence-corrected chi connectivity index (χ2v) is 12.8. The largest absolute Gasteiger partial charge is 0.364 e. The highest BCUT2D eigenvalue weighted by Crippen LogP contribution is 2.39. The topological polar surface area (TPSA) is 103 Å². The lowest BCUT2D eigenvalue weighted by Gasteiger charge is -2.45. The third kappa shape index (κ3) is 4.85. The molecule has 10 nitrogen and oxygen atoms in total. The quantitative estimate of drug-likeness (QED) is 0.313. The van der Waals surface area contributed by atoms with Crippen LogP contribution in [-0.4, -0.2) is 67.3 Å². The predicted molar refractivity (Wildman–Crippen MR) is 175 cm³/mol. The first-order valence-corrected chi connectivity index (χ1v) is 15.6. The van der Waals surface area contributed by atoms with Crippen molar-refractivity contribution in [1.29, 1.82) is 0 Å². The molecule has 0 unspecified atom stereocenters. The number of aromatic amines is 1. The van der Waals surface area contributed by atoms with Gasteiger partial charge in [-0.2, -0.15) is 10.1 Å². The average molecular weight is 615 g/mol. The molecule has 1 fully saturated rings. The van der Waals surface area contributed by atoms with Gasteiger partial charge in [0.05, 0.1) is 41.0 Å². The summed E-state index contributed by atoms with van der Waals surface area (Å²) in [5, 5.41) is 9.01. The van der Waals surface area contributed by atoms with Crippen LogP contribution in [0.25, 0.3) is 16.6 Å². The van der Waals surface area contributed by atoms with Gasteiger partial charge in [-0.3, -0.25) is 19.4 Å². The van der Waals surface area contributed by atoms with Gasteiger partial charge in [0.2, 0.25) is 5.91 Å². The fourth-order valence-corrected chi connectivity index (χ4v) is 7.06. The molecule has 3 aromatic heterocycles. The van der Waals surface area contributed by atoms with Crippen molar-refractivity contribution in [1.82, 2.24) is 29.6 Å². The molecule has 6 rings (SSSR count). The smallest absolute Gasteiger partial charge is 0.354 e. The fourth-order valence-electron chi connectivity index (χ4n) is 6.86. The van der Waals surface area contributed by atoms with E-state index in [1.54, 1.807) is 10.8 Å². The second-order valence-electron chi connectivity index (χ2n) is 12.4. The number of benzene rings is 1. The number of pyridine rings is 1. The zero-order chi connectivity index (χ0) is 31.4. The Hall–Kier alpha value is -4.18. The van der Waals surface area contributed by atoms with Gasteiger partial charge in [0.15, 0.2) is 0 Å². The number of rotatable bonds is 5. The molecule has 4 aromatic rings. The molecule has 1 N–H and O–H groups in total. The Balaban J connectivity index is 1.55. The summed E-state index contributed by atoms with van der Waals surface area (Å²) in [6, 6.07) is 3.76. The third-order valence-electron chi connectivity index (χ3n) is 9.12. The van der Waals surface area contributed by atoms with E-state index in [9.17, 15) is 9.59 Å². The molecule has 44 heavy (non-hydrogen) atoms. The van der Waals surface area contributed by atoms with E-state index in [0.717, 1.165) is 50.4 Å². The molecule has 1 saturated heterocycles. The van der Waals surface area contributed by atoms with Crippen LogP contribution in [0.3, 0.4) is 0 Å². The van der Waals surface area contributed by atoms with Crippen molar-refractivity contribution in [3.63, 3.8) is 0 Å². The van der Waals surface area contributed by atoms with E-state index in [4.69, 9.17) is 21.6 Å². The maximum atomic E-state index is 14.3. The Morgan fingerprint density at radius 2 is 1.95 bits per heavy atom. The zero-order valence-electron chi connectivity index (χ0n) is 26.2. The summed E-state index contributed by atoms with van der Waals surface area (Å²) in [5.41, 5.74) is 7.07. The number of fused-ring (bicyclic) bond motifs is 2. The number of nitrogens with one attached hydrogen (secondary N) is 1. The lowest BCUT2D eigenvalue weighted by Crippen LogP contribution is -2.58. The van der Waals surface area contributed by atoms with E-state index < -0.39 is 0 Å². The van der Waals surface area contributed by atoms with Crippen molar-refractivity contribution in [2.75, 3.05) is 29.4 Å². The molecule has 2 aliphatic heterocycles. The molecule has 0 saturated carbocycles. The maximum Gasteiger partial charge on any atom is 0.354 e. The minimum absolute atomic E-state index is 0.0351. The number of H-pyrrole nitrogens is 1. The number of nitrogens with zero attached hydrogens (tertiary/aromatic N) is 7. The highest BCUT2D eigenvalue weighted by Gasteiger charge is 2.36. The van der Waals surface area contributed by atoms with Crippen molar-refractivity contribution in [2.45, 2.75) is 72.5 Å². The molecule has 11 heteroatoms. The predicted octanol–water partition coefficient (Wildman–Crippen LogP) is 5.07. The third-order valence-corrected chi connectivity index (χ3v) is 9.51. The van der Waals surface area contributed by atoms with E-state index >= 15 is 0 Å². The van der Waals surface area contributed by atoms with Crippen molar-refractivity contribution in [3.05, 3.63) is 80.8 Å². The second kappa shape index (κ2) is 11.4. The van der Waals surface area contributed by atoms with Crippen molar-refractivity contribution in [3.8, 4) is 5.69 Å². The van der Waals surface area contributed by atoms with Crippen LogP contribution in [-0.2, 0) is 17.8 Å². The van der Waals surface area contributed by atoms with Crippen molar-refractivity contribution in [2.24, 2.45) is 0 Å². The van der Waals surface area contributed by atoms with E-state index in [1.807, 2.05) is 44.0 Å². The molecule has 0 bridgehead atoms. The Labute approximate surface area is 262 Å². The molecule has 2 atom stereocenters. The Bertz CT molecular complexity index is 1840. The molecular weight excluding hydrogens is 576 g/mol. The van der Waals surface area contributed by atoms with Crippen LogP contribution in [0, 0.1) is 13.8 Å². The number of aryl methyl sites for hydroxylation is 1. The molecule has 2 aliphatic rings. The van der Waals surface area contributed by atoms with Gasteiger partial charge in [0, 0.05) is 53.9 Å². The van der Waals surface area contributed by atoms with E-state index in [0.29, 0.717) is 43.4 Å². The number of carbonyl (C=O) groups is 1. The van der Waals surface area contributed by atoms with E-state index in [1.165, 1.54) is 6.08 Å². The number of hydrogen-bond acceptors (Lipinski definition) is 7. The molecule has 1 aromatic carbocycles. The van der Waals surface area contributed by atoms with Gasteiger partial charge in [-0.15, -0.1) is 0 Å². The monoisotopic (exact) mass is 614 g/mol. The molecule has 1 amide bonds. The maximum absolute atomic E-state index is 14.3. The van der Waals surface area contributed by atoms with Gasteiger partial charge in [-0.1, -0.05) is 32.0 Å². The minimum Gasteiger partial charge on any atom is -0.364 e. The Kier molecular flexibility index (Phi) is 7.73. The van der Waals surface area contributed by atoms with Crippen LogP contribution in [0.15, 0.2) is 42.0 Å². The SMILES string of the molecule is C=CC(=O)N1C[C@H](C)N(c2nc(=O)n(-c3c(C)ccnc3C(C)C)c3c2CCN(c2c(C)c(Cl)cc4[nH]ncc24)C3)C[C@H]1C. The van der Waals surface area contributed by atoms with Crippen LogP contribution in [0.4, 0.5) is 11.5 Å². The van der Waals surface area contributed by atoms with Crippen LogP contribution >= 0.6 is 11.6 Å². The molecule has 0 aliphatic carbocycles. The first kappa shape index (κ1) is 29.9. The van der Waals surface area contributed by atoms with Gasteiger partial charge < -0.3 is 14.7 Å². The summed E-state index contributed by atoms with van der Waals surface area (Å²) in [7, 11) is 0. The van der Waals surface area contributed by atoms with Crippen LogP contribution in [0.2, 0.25) is 5.02 Å². The zero-order valence-corrected chi connectivity index (χ0v) is 26.9. The van der Waals surface area contributed by atoms with E-state index in [2.05, 4.69) is 47.3 Å². The van der Waals surface area contributed by atoms with Crippen LogP contribution < -0.4 is 15.5 Å². The summed E-state index contributed by atoms with van der Waals surface area (Å²) in [4.78, 5) is 42.7. The van der Waals surface area contributed by atoms with Crippen LogP contribution in [0.1, 0.15) is 61.7 Å². The Morgan fingerprint density at radius 3 is 2.68 bits per heavy atom. The summed E-state index contributed by atoms with van der Waals surface area (Å²) in [6.07, 6.45) is 5.68. The average Bonchev–Trinajstić information content (AvgIpc) is 3.45. The summed E-state index contributed by atoms with van der Waals surface area (Å²) in [6.45, 7) is 18.3. The number of aromatic nitrogens is 5. The van der Waals surface area contributed by atoms with Gasteiger partial charge in [-0.25, -0.2) is 4.79 Å². The van der Waals surface area contributed by atoms with Gasteiger partial charge in [-0.05, 0) is 69.4 Å². The lowest BCUT2D eigenvalue weighted by molar-refractivity contribution is -0.128. The standard InChI is InChI=1S/C33H39ClN8O2/c1-8-28(43)40-15-21(6)41(16-20(40)5)32-23-10-12-39(31-22(7)25(34)13-26-24(31)14-36-38-26)17-27(23)42(33(44)37-32)30-19(4)9-11-35-29(30)18(2)3/h8-9,11,13-14,18,20-21H,1,10,12,15-17H2,2-7H3,(H,36,38)/t20-,21+/m1/s1. The highest BCUT2D eigenvalue weighted by molar-refractivity contribution is 6.32. The molecular formula is C33H39ClN8O2. The number of halogens is 1. The molecule has 0 spiro atoms. The molecule has 230 valence electrons. The lowest BCUT2D eigenvalue weighted by atomic mass is 9.98. The summed E-state index contributed by atoms with van der Waals surface area (Å²) in [5.74, 6) is 0.722. The Morgan fingerprint density at radius 1 is 1.18 bits per heavy atom. The van der Waals surface area contributed by atoms with Crippen LogP contribution in [0.5, 0.6) is 0 Å². The normalized spacial score (nSPS) is 18.7. The van der Waals surface area contributed by atoms with Crippen molar-refractivity contribution >= 4 is 39.9 Å². The fraction of sp³-hybridized carbons (Fsp3) is 0.424. The minimum atomic E-state index is -0.334. The number of hydrogen-bond donors (Lipinski definition) is 1. The van der Waals surface area contributed by atoms with Gasteiger partial charge >= 0.3 is 5.69 Å². The number of amides is 1. The molecule has 5 heterocycles. The first-order chi connectivity index (χ1) is 21.0. The first-order valence-electron chi connectivity index (χ1n) is 15.2. The summed E-state index contributed by atoms with van der Waals surface area (Å²) < 4.78 is 1.79.